The fourth-order valence-electron chi connectivity index (χ4n) is 3.34. The lowest BCUT2D eigenvalue weighted by Gasteiger charge is -2.28. The van der Waals surface area contributed by atoms with Gasteiger partial charge in [-0.25, -0.2) is 4.79 Å². The Morgan fingerprint density at radius 3 is 2.06 bits per heavy atom. The van der Waals surface area contributed by atoms with Crippen molar-refractivity contribution in [2.24, 2.45) is 34.0 Å². The lowest BCUT2D eigenvalue weighted by Crippen LogP contribution is -2.58. The summed E-state index contributed by atoms with van der Waals surface area (Å²) in [4.78, 5) is 54.3. The molecule has 5 unspecified atom stereocenters. The van der Waals surface area contributed by atoms with Gasteiger partial charge in [-0.05, 0) is 49.5 Å². The van der Waals surface area contributed by atoms with E-state index in [0.717, 1.165) is 0 Å². The van der Waals surface area contributed by atoms with Crippen LogP contribution >= 0.6 is 11.8 Å². The van der Waals surface area contributed by atoms with Crippen molar-refractivity contribution in [3.8, 4) is 0 Å². The number of nitrogens with one attached hydrogen (secondary N) is 3. The number of aliphatic carboxylic acids is 1. The normalized spacial score (nSPS) is 15.2. The molecule has 0 aromatic carbocycles. The number of carboxylic acids is 1. The number of hydrogen-bond donors (Lipinski definition) is 7. The van der Waals surface area contributed by atoms with Gasteiger partial charge in [0.05, 0.1) is 6.04 Å². The average Bonchev–Trinajstić information content (AvgIpc) is 2.80. The standard InChI is InChI=1S/C23H45N7O5S/c1-6-14(4)18(30-19(31)15(24)9-11-36-5)21(33)29-17(12-13(2)3)20(32)28-16(22(34)35)8-7-10-27-23(25)26/h13-18H,6-12,24H2,1-5H3,(H,28,32)(H,29,33)(H,30,31)(H,34,35)(H4,25,26,27). The predicted octanol–water partition coefficient (Wildman–Crippen LogP) is -0.248. The monoisotopic (exact) mass is 531 g/mol. The maximum atomic E-state index is 13.2. The van der Waals surface area contributed by atoms with Gasteiger partial charge >= 0.3 is 5.97 Å². The molecule has 5 atom stereocenters. The van der Waals surface area contributed by atoms with E-state index >= 15 is 0 Å². The summed E-state index contributed by atoms with van der Waals surface area (Å²) < 4.78 is 0. The molecule has 0 radical (unpaired) electrons. The highest BCUT2D eigenvalue weighted by molar-refractivity contribution is 7.98. The number of aliphatic imine (C=N–C) groups is 1. The molecule has 10 N–H and O–H groups in total. The van der Waals surface area contributed by atoms with E-state index in [2.05, 4.69) is 20.9 Å². The largest absolute Gasteiger partial charge is 0.480 e. The molecule has 13 heteroatoms. The highest BCUT2D eigenvalue weighted by atomic mass is 32.2. The minimum Gasteiger partial charge on any atom is -0.480 e. The number of carboxylic acid groups (broad SMARTS) is 1. The summed E-state index contributed by atoms with van der Waals surface area (Å²) in [6, 6.07) is -3.79. The summed E-state index contributed by atoms with van der Waals surface area (Å²) >= 11 is 1.57. The summed E-state index contributed by atoms with van der Waals surface area (Å²) in [5.74, 6) is -2.34. The van der Waals surface area contributed by atoms with E-state index < -0.39 is 47.9 Å². The van der Waals surface area contributed by atoms with E-state index in [1.807, 2.05) is 34.0 Å². The van der Waals surface area contributed by atoms with Crippen molar-refractivity contribution >= 4 is 41.4 Å². The molecule has 0 saturated carbocycles. The number of carbonyl (C=O) groups is 4. The summed E-state index contributed by atoms with van der Waals surface area (Å²) in [6.07, 6.45) is 3.73. The molecule has 0 aliphatic heterocycles. The predicted molar refractivity (Wildman–Crippen MR) is 143 cm³/mol. The number of carbonyl (C=O) groups excluding carboxylic acids is 3. The second-order valence-electron chi connectivity index (χ2n) is 9.30. The summed E-state index contributed by atoms with van der Waals surface area (Å²) in [6.45, 7) is 7.71. The van der Waals surface area contributed by atoms with Gasteiger partial charge in [-0.3, -0.25) is 19.4 Å². The van der Waals surface area contributed by atoms with E-state index in [1.54, 1.807) is 11.8 Å². The van der Waals surface area contributed by atoms with Crippen LogP contribution in [0.5, 0.6) is 0 Å². The van der Waals surface area contributed by atoms with Gasteiger partial charge in [0.1, 0.15) is 18.1 Å². The van der Waals surface area contributed by atoms with Gasteiger partial charge < -0.3 is 38.3 Å². The van der Waals surface area contributed by atoms with E-state index in [0.29, 0.717) is 25.0 Å². The van der Waals surface area contributed by atoms with E-state index in [9.17, 15) is 24.3 Å². The van der Waals surface area contributed by atoms with Crippen LogP contribution in [0.15, 0.2) is 4.99 Å². The van der Waals surface area contributed by atoms with E-state index in [1.165, 1.54) is 0 Å². The fourth-order valence-corrected chi connectivity index (χ4v) is 3.83. The first-order valence-electron chi connectivity index (χ1n) is 12.3. The Bertz CT molecular complexity index is 746. The molecule has 0 rings (SSSR count). The summed E-state index contributed by atoms with van der Waals surface area (Å²) in [5.41, 5.74) is 16.5. The van der Waals surface area contributed by atoms with Gasteiger partial charge in [-0.1, -0.05) is 34.1 Å². The van der Waals surface area contributed by atoms with Gasteiger partial charge in [0.15, 0.2) is 5.96 Å². The van der Waals surface area contributed by atoms with Crippen molar-refractivity contribution in [2.75, 3.05) is 18.6 Å². The minimum atomic E-state index is -1.20. The third-order valence-corrected chi connectivity index (χ3v) is 6.31. The van der Waals surface area contributed by atoms with Crippen LogP contribution in [0, 0.1) is 11.8 Å². The Morgan fingerprint density at radius 1 is 0.944 bits per heavy atom. The topological polar surface area (TPSA) is 215 Å². The highest BCUT2D eigenvalue weighted by Crippen LogP contribution is 2.12. The number of nitrogens with zero attached hydrogens (tertiary/aromatic N) is 1. The molecule has 0 spiro atoms. The molecule has 0 fully saturated rings. The van der Waals surface area contributed by atoms with Crippen LogP contribution < -0.4 is 33.2 Å². The molecular formula is C23H45N7O5S. The van der Waals surface area contributed by atoms with Gasteiger partial charge in [-0.2, -0.15) is 11.8 Å². The van der Waals surface area contributed by atoms with Crippen molar-refractivity contribution in [1.82, 2.24) is 16.0 Å². The zero-order valence-corrected chi connectivity index (χ0v) is 22.9. The Labute approximate surface area is 218 Å². The lowest BCUT2D eigenvalue weighted by molar-refractivity contribution is -0.142. The van der Waals surface area contributed by atoms with Crippen LogP contribution in [0.2, 0.25) is 0 Å². The van der Waals surface area contributed by atoms with Crippen molar-refractivity contribution in [2.45, 2.75) is 84.0 Å². The molecule has 0 aliphatic rings. The maximum absolute atomic E-state index is 13.2. The number of nitrogens with two attached hydrogens (primary N) is 3. The first kappa shape index (κ1) is 33.5. The molecule has 3 amide bonds. The molecule has 0 saturated heterocycles. The fraction of sp³-hybridized carbons (Fsp3) is 0.783. The Kier molecular flexibility index (Phi) is 16.6. The second-order valence-corrected chi connectivity index (χ2v) is 10.3. The SMILES string of the molecule is CCC(C)C(NC(=O)C(N)CCSC)C(=O)NC(CC(C)C)C(=O)NC(CCCN=C(N)N)C(=O)O. The van der Waals surface area contributed by atoms with Crippen molar-refractivity contribution < 1.29 is 24.3 Å². The van der Waals surface area contributed by atoms with Crippen LogP contribution in [-0.4, -0.2) is 77.5 Å². The summed E-state index contributed by atoms with van der Waals surface area (Å²) in [5, 5.41) is 17.5. The quantitative estimate of drug-likeness (QED) is 0.0704. The third kappa shape index (κ3) is 13.5. The molecule has 0 aromatic rings. The zero-order valence-electron chi connectivity index (χ0n) is 22.1. The molecule has 36 heavy (non-hydrogen) atoms. The third-order valence-electron chi connectivity index (χ3n) is 5.66. The van der Waals surface area contributed by atoms with Gasteiger partial charge in [0.25, 0.3) is 0 Å². The number of amides is 3. The Morgan fingerprint density at radius 2 is 1.56 bits per heavy atom. The molecule has 0 aliphatic carbocycles. The van der Waals surface area contributed by atoms with Crippen LogP contribution in [0.25, 0.3) is 0 Å². The number of rotatable bonds is 18. The molecule has 0 aromatic heterocycles. The maximum Gasteiger partial charge on any atom is 0.326 e. The molecular weight excluding hydrogens is 486 g/mol. The number of guanidine groups is 1. The van der Waals surface area contributed by atoms with E-state index in [-0.39, 0.29) is 37.2 Å². The van der Waals surface area contributed by atoms with Crippen molar-refractivity contribution in [1.29, 1.82) is 0 Å². The van der Waals surface area contributed by atoms with E-state index in [4.69, 9.17) is 17.2 Å². The Balaban J connectivity index is 5.47. The van der Waals surface area contributed by atoms with Crippen molar-refractivity contribution in [3.63, 3.8) is 0 Å². The zero-order chi connectivity index (χ0) is 27.8. The van der Waals surface area contributed by atoms with Crippen LogP contribution in [-0.2, 0) is 19.2 Å². The number of thioether (sulfide) groups is 1. The molecule has 0 bridgehead atoms. The Hall–Kier alpha value is -2.54. The smallest absolute Gasteiger partial charge is 0.326 e. The van der Waals surface area contributed by atoms with Crippen LogP contribution in [0.4, 0.5) is 0 Å². The number of hydrogen-bond acceptors (Lipinski definition) is 7. The van der Waals surface area contributed by atoms with Crippen molar-refractivity contribution in [3.05, 3.63) is 0 Å². The van der Waals surface area contributed by atoms with Crippen LogP contribution in [0.3, 0.4) is 0 Å². The van der Waals surface area contributed by atoms with Gasteiger partial charge in [-0.15, -0.1) is 0 Å². The second kappa shape index (κ2) is 17.8. The first-order valence-corrected chi connectivity index (χ1v) is 13.7. The molecule has 208 valence electrons. The first-order chi connectivity index (χ1) is 16.8. The van der Waals surface area contributed by atoms with Gasteiger partial charge in [0.2, 0.25) is 17.7 Å². The molecule has 12 nitrogen and oxygen atoms in total. The van der Waals surface area contributed by atoms with Gasteiger partial charge in [0, 0.05) is 6.54 Å². The van der Waals surface area contributed by atoms with Crippen LogP contribution in [0.1, 0.15) is 59.8 Å². The lowest BCUT2D eigenvalue weighted by atomic mass is 9.96. The highest BCUT2D eigenvalue weighted by Gasteiger charge is 2.32. The molecule has 0 heterocycles. The average molecular weight is 532 g/mol. The minimum absolute atomic E-state index is 0.0304. The summed E-state index contributed by atoms with van der Waals surface area (Å²) in [7, 11) is 0.